The third-order valence-corrected chi connectivity index (χ3v) is 2.59. The van der Waals surface area contributed by atoms with Crippen LogP contribution >= 0.6 is 0 Å². The molecule has 0 fully saturated rings. The van der Waals surface area contributed by atoms with Gasteiger partial charge < -0.3 is 4.57 Å². The maximum absolute atomic E-state index is 12.1. The van der Waals surface area contributed by atoms with Crippen molar-refractivity contribution < 1.29 is 4.79 Å². The quantitative estimate of drug-likeness (QED) is 0.605. The molecule has 0 bridgehead atoms. The lowest BCUT2D eigenvalue weighted by atomic mass is 10.3. The molecule has 8 nitrogen and oxygen atoms in total. The Labute approximate surface area is 95.1 Å². The topological polar surface area (TPSA) is 85.9 Å². The van der Waals surface area contributed by atoms with Crippen molar-refractivity contribution >= 4 is 5.91 Å². The van der Waals surface area contributed by atoms with Crippen molar-refractivity contribution in [1.82, 2.24) is 24.4 Å². The van der Waals surface area contributed by atoms with E-state index in [0.29, 0.717) is 18.8 Å². The van der Waals surface area contributed by atoms with Crippen LogP contribution in [0, 0.1) is 0 Å². The second-order valence-electron chi connectivity index (χ2n) is 3.58. The van der Waals surface area contributed by atoms with Crippen molar-refractivity contribution in [2.75, 3.05) is 11.6 Å². The molecule has 2 aromatic rings. The molecule has 1 aliphatic rings. The molecule has 17 heavy (non-hydrogen) atoms. The highest BCUT2D eigenvalue weighted by Gasteiger charge is 2.25. The molecule has 0 aliphatic carbocycles. The minimum absolute atomic E-state index is 0.268. The second-order valence-corrected chi connectivity index (χ2v) is 3.58. The molecule has 8 heteroatoms. The zero-order valence-electron chi connectivity index (χ0n) is 8.72. The van der Waals surface area contributed by atoms with Crippen LogP contribution in [0.15, 0.2) is 29.8 Å². The van der Waals surface area contributed by atoms with E-state index in [4.69, 9.17) is 0 Å². The lowest BCUT2D eigenvalue weighted by Gasteiger charge is -2.28. The van der Waals surface area contributed by atoms with Gasteiger partial charge in [0.15, 0.2) is 0 Å². The van der Waals surface area contributed by atoms with Gasteiger partial charge in [0.1, 0.15) is 18.3 Å². The molecule has 0 atom stereocenters. The first-order chi connectivity index (χ1) is 8.25. The van der Waals surface area contributed by atoms with Gasteiger partial charge in [-0.25, -0.2) is 9.69 Å². The summed E-state index contributed by atoms with van der Waals surface area (Å²) in [6.07, 6.45) is 4.26. The molecule has 0 aromatic carbocycles. The second kappa shape index (κ2) is 3.51. The molecule has 3 rings (SSSR count). The Morgan fingerprint density at radius 3 is 2.59 bits per heavy atom. The van der Waals surface area contributed by atoms with Crippen molar-refractivity contribution in [1.29, 1.82) is 0 Å². The van der Waals surface area contributed by atoms with Crippen molar-refractivity contribution in [3.8, 4) is 0 Å². The van der Waals surface area contributed by atoms with Gasteiger partial charge in [-0.3, -0.25) is 9.59 Å². The van der Waals surface area contributed by atoms with Crippen LogP contribution in [0.2, 0.25) is 0 Å². The highest BCUT2D eigenvalue weighted by Crippen LogP contribution is 2.08. The first-order valence-electron chi connectivity index (χ1n) is 4.99. The number of aromatic nitrogens is 5. The Bertz CT molecular complexity index is 617. The number of hydrogen-bond acceptors (Lipinski definition) is 5. The van der Waals surface area contributed by atoms with Gasteiger partial charge >= 0.3 is 0 Å². The summed E-state index contributed by atoms with van der Waals surface area (Å²) in [5, 5.41) is 8.75. The van der Waals surface area contributed by atoms with E-state index in [1.165, 1.54) is 34.7 Å². The zero-order valence-corrected chi connectivity index (χ0v) is 8.72. The molecule has 0 saturated carbocycles. The van der Waals surface area contributed by atoms with Gasteiger partial charge in [-0.2, -0.15) is 4.98 Å². The summed E-state index contributed by atoms with van der Waals surface area (Å²) in [6.45, 7) is 1.06. The summed E-state index contributed by atoms with van der Waals surface area (Å²) in [5.74, 6) is -0.268. The van der Waals surface area contributed by atoms with Crippen LogP contribution < -0.4 is 10.6 Å². The molecular weight excluding hydrogens is 224 g/mol. The van der Waals surface area contributed by atoms with Gasteiger partial charge in [-0.15, -0.1) is 10.2 Å². The SMILES string of the molecule is O=C1c2cc(=O)ncn2CCN1n1cnnc1. The highest BCUT2D eigenvalue weighted by molar-refractivity contribution is 6.00. The first kappa shape index (κ1) is 9.70. The maximum Gasteiger partial charge on any atom is 0.289 e. The fourth-order valence-electron chi connectivity index (χ4n) is 1.77. The van der Waals surface area contributed by atoms with E-state index in [9.17, 15) is 9.59 Å². The smallest absolute Gasteiger partial charge is 0.289 e. The fraction of sp³-hybridized carbons (Fsp3) is 0.222. The van der Waals surface area contributed by atoms with E-state index in [2.05, 4.69) is 15.2 Å². The molecule has 3 heterocycles. The van der Waals surface area contributed by atoms with E-state index in [1.54, 1.807) is 4.57 Å². The molecule has 0 saturated heterocycles. The van der Waals surface area contributed by atoms with Gasteiger partial charge in [0.25, 0.3) is 11.5 Å². The third-order valence-electron chi connectivity index (χ3n) is 2.59. The molecule has 0 radical (unpaired) electrons. The predicted octanol–water partition coefficient (Wildman–Crippen LogP) is -1.37. The van der Waals surface area contributed by atoms with Crippen LogP contribution in [0.1, 0.15) is 10.5 Å². The van der Waals surface area contributed by atoms with Crippen molar-refractivity contribution in [3.63, 3.8) is 0 Å². The Hall–Kier alpha value is -2.51. The summed E-state index contributed by atoms with van der Waals surface area (Å²) in [5.41, 5.74) is -0.0971. The number of fused-ring (bicyclic) bond motifs is 1. The number of carbonyl (C=O) groups excluding carboxylic acids is 1. The fourth-order valence-corrected chi connectivity index (χ4v) is 1.77. The van der Waals surface area contributed by atoms with E-state index in [1.807, 2.05) is 0 Å². The minimum Gasteiger partial charge on any atom is -0.326 e. The van der Waals surface area contributed by atoms with Crippen LogP contribution in [0.3, 0.4) is 0 Å². The molecule has 0 spiro atoms. The van der Waals surface area contributed by atoms with E-state index < -0.39 is 5.56 Å². The van der Waals surface area contributed by atoms with Crippen LogP contribution in [0.25, 0.3) is 0 Å². The van der Waals surface area contributed by atoms with Gasteiger partial charge in [0.2, 0.25) is 0 Å². The Kier molecular flexibility index (Phi) is 2.00. The number of amides is 1. The average Bonchev–Trinajstić information content (AvgIpc) is 2.84. The number of rotatable bonds is 1. The lowest BCUT2D eigenvalue weighted by Crippen LogP contribution is -2.47. The predicted molar refractivity (Wildman–Crippen MR) is 55.9 cm³/mol. The third kappa shape index (κ3) is 1.50. The van der Waals surface area contributed by atoms with E-state index >= 15 is 0 Å². The van der Waals surface area contributed by atoms with Gasteiger partial charge in [0, 0.05) is 12.6 Å². The molecular formula is C9H8N6O2. The normalized spacial score (nSPS) is 14.8. The summed E-state index contributed by atoms with van der Waals surface area (Å²) in [6, 6.07) is 1.23. The lowest BCUT2D eigenvalue weighted by molar-refractivity contribution is 0.0931. The average molecular weight is 232 g/mol. The molecule has 1 aliphatic heterocycles. The zero-order chi connectivity index (χ0) is 11.8. The van der Waals surface area contributed by atoms with E-state index in [-0.39, 0.29) is 5.91 Å². The molecule has 2 aromatic heterocycles. The molecule has 86 valence electrons. The number of carbonyl (C=O) groups is 1. The largest absolute Gasteiger partial charge is 0.326 e. The van der Waals surface area contributed by atoms with Crippen molar-refractivity contribution in [2.45, 2.75) is 6.54 Å². The van der Waals surface area contributed by atoms with Gasteiger partial charge in [-0.05, 0) is 0 Å². The first-order valence-corrected chi connectivity index (χ1v) is 4.99. The summed E-state index contributed by atoms with van der Waals surface area (Å²) >= 11 is 0. The van der Waals surface area contributed by atoms with E-state index in [0.717, 1.165) is 0 Å². The Balaban J connectivity index is 2.06. The van der Waals surface area contributed by atoms with Crippen LogP contribution in [-0.2, 0) is 6.54 Å². The van der Waals surface area contributed by atoms with Crippen molar-refractivity contribution in [3.05, 3.63) is 41.1 Å². The summed E-state index contributed by atoms with van der Waals surface area (Å²) in [7, 11) is 0. The summed E-state index contributed by atoms with van der Waals surface area (Å²) < 4.78 is 3.15. The standard InChI is InChI=1S/C9H8N6O2/c16-8-3-7-9(17)15(14-5-11-12-6-14)2-1-13(7)4-10-8/h3-6H,1-2H2. The van der Waals surface area contributed by atoms with Gasteiger partial charge in [0.05, 0.1) is 12.9 Å². The molecule has 0 unspecified atom stereocenters. The molecule has 0 N–H and O–H groups in total. The Morgan fingerprint density at radius 1 is 1.06 bits per heavy atom. The van der Waals surface area contributed by atoms with Crippen LogP contribution in [-0.4, -0.2) is 36.9 Å². The van der Waals surface area contributed by atoms with Crippen LogP contribution in [0.5, 0.6) is 0 Å². The number of hydrogen-bond donors (Lipinski definition) is 0. The van der Waals surface area contributed by atoms with Crippen LogP contribution in [0.4, 0.5) is 0 Å². The van der Waals surface area contributed by atoms with Gasteiger partial charge in [-0.1, -0.05) is 0 Å². The monoisotopic (exact) mass is 232 g/mol. The summed E-state index contributed by atoms with van der Waals surface area (Å²) in [4.78, 5) is 26.9. The highest BCUT2D eigenvalue weighted by atomic mass is 16.2. The molecule has 1 amide bonds. The maximum atomic E-state index is 12.1. The number of nitrogens with zero attached hydrogens (tertiary/aromatic N) is 6. The minimum atomic E-state index is -0.421. The Morgan fingerprint density at radius 2 is 1.82 bits per heavy atom. The van der Waals surface area contributed by atoms with Crippen molar-refractivity contribution in [2.24, 2.45) is 0 Å².